The van der Waals surface area contributed by atoms with Crippen LogP contribution in [0.15, 0.2) is 60.1 Å². The quantitative estimate of drug-likeness (QED) is 0.357. The molecule has 11 nitrogen and oxygen atoms in total. The number of hydrogen-bond donors (Lipinski definition) is 1. The predicted molar refractivity (Wildman–Crippen MR) is 140 cm³/mol. The van der Waals surface area contributed by atoms with Gasteiger partial charge in [0.1, 0.15) is 23.8 Å². The van der Waals surface area contributed by atoms with Crippen LogP contribution in [-0.2, 0) is 21.1 Å². The average molecular weight is 537 g/mol. The van der Waals surface area contributed by atoms with E-state index in [1.165, 1.54) is 12.6 Å². The van der Waals surface area contributed by atoms with Gasteiger partial charge < -0.3 is 19.3 Å². The van der Waals surface area contributed by atoms with E-state index in [4.69, 9.17) is 4.74 Å². The summed E-state index contributed by atoms with van der Waals surface area (Å²) in [7, 11) is -3.33. The highest BCUT2D eigenvalue weighted by atomic mass is 32.2. The molecule has 1 fully saturated rings. The van der Waals surface area contributed by atoms with Crippen molar-refractivity contribution in [3.8, 4) is 11.7 Å². The molecular formula is C26H28N6O5S. The van der Waals surface area contributed by atoms with Gasteiger partial charge in [-0.05, 0) is 42.7 Å². The number of carboxylic acid groups (broad SMARTS) is 1. The number of aromatic nitrogens is 5. The van der Waals surface area contributed by atoms with Crippen molar-refractivity contribution in [2.45, 2.75) is 49.6 Å². The van der Waals surface area contributed by atoms with Crippen molar-refractivity contribution in [1.82, 2.24) is 24.5 Å². The zero-order valence-corrected chi connectivity index (χ0v) is 22.1. The van der Waals surface area contributed by atoms with Gasteiger partial charge in [-0.25, -0.2) is 33.1 Å². The van der Waals surface area contributed by atoms with E-state index in [0.717, 1.165) is 22.9 Å². The second-order valence-electron chi connectivity index (χ2n) is 9.38. The summed E-state index contributed by atoms with van der Waals surface area (Å²) in [5.74, 6) is 0.234. The van der Waals surface area contributed by atoms with Crippen LogP contribution in [0.25, 0.3) is 16.7 Å². The molecule has 1 aromatic carbocycles. The number of anilines is 1. The van der Waals surface area contributed by atoms with Crippen LogP contribution in [-0.4, -0.2) is 68.4 Å². The Morgan fingerprint density at radius 3 is 2.55 bits per heavy atom. The molecule has 1 aliphatic heterocycles. The molecule has 5 rings (SSSR count). The van der Waals surface area contributed by atoms with Gasteiger partial charge in [-0.15, -0.1) is 0 Å². The zero-order valence-electron chi connectivity index (χ0n) is 21.3. The minimum absolute atomic E-state index is 0.234. The Hall–Kier alpha value is -4.06. The number of fused-ring (bicyclic) bond motifs is 1. The highest BCUT2D eigenvalue weighted by Crippen LogP contribution is 2.37. The molecule has 1 aliphatic rings. The van der Waals surface area contributed by atoms with E-state index in [2.05, 4.69) is 19.9 Å². The molecule has 1 saturated heterocycles. The number of hydrogen-bond acceptors (Lipinski definition) is 9. The van der Waals surface area contributed by atoms with E-state index < -0.39 is 27.4 Å². The summed E-state index contributed by atoms with van der Waals surface area (Å²) < 4.78 is 31.8. The second-order valence-corrected chi connectivity index (χ2v) is 11.4. The largest absolute Gasteiger partial charge is 0.479 e. The minimum atomic E-state index is -3.33. The minimum Gasteiger partial charge on any atom is -0.479 e. The summed E-state index contributed by atoms with van der Waals surface area (Å²) in [6, 6.07) is 8.40. The van der Waals surface area contributed by atoms with Crippen LogP contribution in [0.5, 0.6) is 5.88 Å². The Morgan fingerprint density at radius 2 is 1.89 bits per heavy atom. The zero-order chi connectivity index (χ0) is 27.1. The Morgan fingerprint density at radius 1 is 1.13 bits per heavy atom. The molecule has 0 bridgehead atoms. The first-order valence-corrected chi connectivity index (χ1v) is 14.2. The molecule has 3 aromatic heterocycles. The first-order valence-electron chi connectivity index (χ1n) is 12.3. The lowest BCUT2D eigenvalue weighted by Crippen LogP contribution is -2.51. The molecule has 12 heteroatoms. The maximum atomic E-state index is 12.5. The van der Waals surface area contributed by atoms with Gasteiger partial charge in [-0.1, -0.05) is 13.8 Å². The molecule has 4 aromatic rings. The monoisotopic (exact) mass is 536 g/mol. The van der Waals surface area contributed by atoms with Crippen molar-refractivity contribution < 1.29 is 23.1 Å². The highest BCUT2D eigenvalue weighted by Gasteiger charge is 2.52. The number of aliphatic carboxylic acids is 1. The maximum Gasteiger partial charge on any atom is 0.329 e. The number of benzene rings is 1. The summed E-state index contributed by atoms with van der Waals surface area (Å²) in [6.07, 6.45) is 8.68. The van der Waals surface area contributed by atoms with Gasteiger partial charge in [-0.3, -0.25) is 0 Å². The van der Waals surface area contributed by atoms with Crippen LogP contribution in [0, 0.1) is 0 Å². The van der Waals surface area contributed by atoms with Crippen LogP contribution in [0.4, 0.5) is 5.95 Å². The molecule has 2 unspecified atom stereocenters. The van der Waals surface area contributed by atoms with Crippen molar-refractivity contribution in [3.63, 3.8) is 0 Å². The van der Waals surface area contributed by atoms with E-state index in [-0.39, 0.29) is 17.9 Å². The molecule has 1 N–H and O–H groups in total. The molecule has 198 valence electrons. The number of ether oxygens (including phenoxy) is 1. The maximum absolute atomic E-state index is 12.5. The van der Waals surface area contributed by atoms with Crippen LogP contribution >= 0.6 is 0 Å². The molecule has 2 atom stereocenters. The fraction of sp³-hybridized carbons (Fsp3) is 0.346. The molecule has 0 saturated carbocycles. The van der Waals surface area contributed by atoms with Crippen molar-refractivity contribution >= 4 is 32.7 Å². The number of rotatable bonds is 8. The Kier molecular flexibility index (Phi) is 6.51. The normalized spacial score (nSPS) is 19.7. The average Bonchev–Trinajstić information content (AvgIpc) is 3.50. The van der Waals surface area contributed by atoms with Gasteiger partial charge >= 0.3 is 5.97 Å². The Bertz CT molecular complexity index is 1600. The molecule has 0 spiro atoms. The molecular weight excluding hydrogens is 508 g/mol. The number of sulfone groups is 1. The van der Waals surface area contributed by atoms with E-state index in [1.807, 2.05) is 24.5 Å². The summed E-state index contributed by atoms with van der Waals surface area (Å²) in [4.78, 5) is 31.9. The van der Waals surface area contributed by atoms with E-state index in [9.17, 15) is 18.3 Å². The molecule has 0 aliphatic carbocycles. The van der Waals surface area contributed by atoms with Crippen LogP contribution in [0.1, 0.15) is 32.3 Å². The molecule has 0 radical (unpaired) electrons. The smallest absolute Gasteiger partial charge is 0.329 e. The summed E-state index contributed by atoms with van der Waals surface area (Å²) in [5, 5.41) is 11.0. The number of carboxylic acids is 1. The predicted octanol–water partition coefficient (Wildman–Crippen LogP) is 3.07. The van der Waals surface area contributed by atoms with Crippen LogP contribution < -0.4 is 9.64 Å². The first-order chi connectivity index (χ1) is 18.1. The van der Waals surface area contributed by atoms with Crippen LogP contribution in [0.2, 0.25) is 0 Å². The van der Waals surface area contributed by atoms with Gasteiger partial charge in [0.05, 0.1) is 17.0 Å². The lowest BCUT2D eigenvalue weighted by Gasteiger charge is -2.33. The highest BCUT2D eigenvalue weighted by molar-refractivity contribution is 7.90. The lowest BCUT2D eigenvalue weighted by molar-refractivity contribution is -0.143. The van der Waals surface area contributed by atoms with Crippen molar-refractivity contribution in [3.05, 3.63) is 60.8 Å². The third-order valence-corrected chi connectivity index (χ3v) is 8.15. The summed E-state index contributed by atoms with van der Waals surface area (Å²) in [6.45, 7) is 4.12. The van der Waals surface area contributed by atoms with E-state index in [0.29, 0.717) is 24.1 Å². The van der Waals surface area contributed by atoms with Crippen LogP contribution in [0.3, 0.4) is 0 Å². The molecule has 38 heavy (non-hydrogen) atoms. The number of nitrogens with zero attached hydrogens (tertiary/aromatic N) is 6. The van der Waals surface area contributed by atoms with Crippen molar-refractivity contribution in [2.75, 3.05) is 17.7 Å². The Balaban J connectivity index is 1.42. The lowest BCUT2D eigenvalue weighted by atomic mass is 9.92. The fourth-order valence-electron chi connectivity index (χ4n) is 4.89. The third kappa shape index (κ3) is 4.55. The van der Waals surface area contributed by atoms with Gasteiger partial charge in [0, 0.05) is 42.7 Å². The van der Waals surface area contributed by atoms with Crippen molar-refractivity contribution in [2.24, 2.45) is 0 Å². The van der Waals surface area contributed by atoms with E-state index in [1.54, 1.807) is 47.8 Å². The van der Waals surface area contributed by atoms with Crippen molar-refractivity contribution in [1.29, 1.82) is 0 Å². The standard InChI is InChI=1S/C26H28N6O5S/c1-4-17-13-27-25(28-14-17)32-15-19(12-26(32,5-2)24(33)34)37-23-11-22(29-16-30-23)31-9-8-18-10-20(38(3,35)36)6-7-21(18)31/h6-11,13-14,16,19H,4-5,12,15H2,1-3H3,(H,33,34). The fourth-order valence-corrected chi connectivity index (χ4v) is 5.55. The SMILES string of the molecule is CCc1cnc(N2CC(Oc3cc(-n4ccc5cc(S(C)(=O)=O)ccc54)ncn3)CC2(CC)C(=O)O)nc1. The molecule has 4 heterocycles. The van der Waals surface area contributed by atoms with Gasteiger partial charge in [0.15, 0.2) is 9.84 Å². The first kappa shape index (κ1) is 25.6. The third-order valence-electron chi connectivity index (χ3n) is 7.04. The van der Waals surface area contributed by atoms with E-state index >= 15 is 0 Å². The number of carbonyl (C=O) groups is 1. The van der Waals surface area contributed by atoms with Gasteiger partial charge in [0.25, 0.3) is 0 Å². The Labute approximate surface area is 220 Å². The van der Waals surface area contributed by atoms with Gasteiger partial charge in [0.2, 0.25) is 11.8 Å². The molecule has 0 amide bonds. The topological polar surface area (TPSA) is 140 Å². The summed E-state index contributed by atoms with van der Waals surface area (Å²) in [5.41, 5.74) is 0.539. The second kappa shape index (κ2) is 9.67. The van der Waals surface area contributed by atoms with Gasteiger partial charge in [-0.2, -0.15) is 0 Å². The number of aryl methyl sites for hydroxylation is 1. The summed E-state index contributed by atoms with van der Waals surface area (Å²) >= 11 is 0.